The van der Waals surface area contributed by atoms with Gasteiger partial charge in [-0.1, -0.05) is 38.5 Å². The molecular weight excluding hydrogens is 334 g/mol. The lowest BCUT2D eigenvalue weighted by molar-refractivity contribution is -0.220. The van der Waals surface area contributed by atoms with Crippen LogP contribution >= 0.6 is 0 Å². The molecule has 0 saturated heterocycles. The fourth-order valence-electron chi connectivity index (χ4n) is 7.85. The van der Waals surface area contributed by atoms with E-state index in [-0.39, 0.29) is 5.60 Å². The van der Waals surface area contributed by atoms with E-state index in [2.05, 4.69) is 4.90 Å². The second-order valence-electron chi connectivity index (χ2n) is 10.8. The van der Waals surface area contributed by atoms with Crippen LogP contribution in [0.4, 0.5) is 0 Å². The lowest BCUT2D eigenvalue weighted by Crippen LogP contribution is -2.52. The number of nitrogens with zero attached hydrogens (tertiary/aromatic N) is 1. The molecule has 154 valence electrons. The van der Waals surface area contributed by atoms with Crippen LogP contribution in [0.2, 0.25) is 0 Å². The smallest absolute Gasteiger partial charge is 0.149 e. The molecule has 6 aliphatic carbocycles. The monoisotopic (exact) mass is 375 g/mol. The Morgan fingerprint density at radius 2 is 1.15 bits per heavy atom. The van der Waals surface area contributed by atoms with Gasteiger partial charge in [0.25, 0.3) is 0 Å². The quantitative estimate of drug-likeness (QED) is 0.410. The first kappa shape index (κ1) is 18.9. The largest absolute Gasteiger partial charge is 0.349 e. The van der Waals surface area contributed by atoms with Crippen LogP contribution in [0.3, 0.4) is 0 Å². The zero-order valence-electron chi connectivity index (χ0n) is 17.4. The Labute approximate surface area is 166 Å². The Bertz CT molecular complexity index is 427. The number of hydrogen-bond donors (Lipinski definition) is 0. The van der Waals surface area contributed by atoms with Gasteiger partial charge in [-0.15, -0.1) is 0 Å². The van der Waals surface area contributed by atoms with Crippen molar-refractivity contribution in [2.45, 2.75) is 120 Å². The summed E-state index contributed by atoms with van der Waals surface area (Å²) in [4.78, 5) is 2.75. The molecule has 0 aromatic rings. The molecule has 0 amide bonds. The van der Waals surface area contributed by atoms with Crippen LogP contribution in [0.5, 0.6) is 0 Å². The van der Waals surface area contributed by atoms with Gasteiger partial charge in [-0.05, 0) is 82.0 Å². The highest BCUT2D eigenvalue weighted by Crippen LogP contribution is 2.57. The minimum absolute atomic E-state index is 0.190. The third-order valence-corrected chi connectivity index (χ3v) is 8.76. The molecule has 0 aromatic heterocycles. The summed E-state index contributed by atoms with van der Waals surface area (Å²) >= 11 is 0. The first-order valence-corrected chi connectivity index (χ1v) is 12.3. The van der Waals surface area contributed by atoms with Gasteiger partial charge in [-0.25, -0.2) is 0 Å². The van der Waals surface area contributed by atoms with Crippen molar-refractivity contribution in [3.05, 3.63) is 0 Å². The summed E-state index contributed by atoms with van der Waals surface area (Å²) in [5, 5.41) is 0. The molecule has 3 nitrogen and oxygen atoms in total. The molecule has 3 heteroatoms. The molecular formula is C24H41NO2. The molecule has 0 aromatic carbocycles. The van der Waals surface area contributed by atoms with Gasteiger partial charge in [0, 0.05) is 12.1 Å². The summed E-state index contributed by atoms with van der Waals surface area (Å²) in [7, 11) is 0. The zero-order chi connectivity index (χ0) is 18.1. The molecule has 0 unspecified atom stereocenters. The van der Waals surface area contributed by atoms with E-state index >= 15 is 0 Å². The van der Waals surface area contributed by atoms with E-state index < -0.39 is 0 Å². The fourth-order valence-corrected chi connectivity index (χ4v) is 7.85. The Morgan fingerprint density at radius 1 is 0.667 bits per heavy atom. The van der Waals surface area contributed by atoms with Crippen LogP contribution in [0.15, 0.2) is 0 Å². The maximum absolute atomic E-state index is 6.52. The third-order valence-electron chi connectivity index (χ3n) is 8.76. The summed E-state index contributed by atoms with van der Waals surface area (Å²) in [5.41, 5.74) is 0.190. The topological polar surface area (TPSA) is 21.7 Å². The third kappa shape index (κ3) is 4.26. The van der Waals surface area contributed by atoms with Crippen molar-refractivity contribution >= 4 is 0 Å². The number of hydrogen-bond acceptors (Lipinski definition) is 3. The van der Waals surface area contributed by atoms with E-state index in [9.17, 15) is 0 Å². The Kier molecular flexibility index (Phi) is 5.82. The summed E-state index contributed by atoms with van der Waals surface area (Å²) in [6.45, 7) is 1.34. The normalized spacial score (nSPS) is 40.1. The minimum atomic E-state index is 0.190. The minimum Gasteiger partial charge on any atom is -0.349 e. The maximum atomic E-state index is 6.52. The molecule has 0 atom stereocenters. The van der Waals surface area contributed by atoms with Gasteiger partial charge in [0.1, 0.15) is 13.5 Å². The van der Waals surface area contributed by atoms with Crippen LogP contribution < -0.4 is 0 Å². The van der Waals surface area contributed by atoms with Crippen molar-refractivity contribution < 1.29 is 9.47 Å². The van der Waals surface area contributed by atoms with E-state index in [4.69, 9.17) is 9.47 Å². The molecule has 0 radical (unpaired) electrons. The maximum Gasteiger partial charge on any atom is 0.149 e. The standard InChI is InChI=1S/C24H41NO2/c1-3-7-22(8-4-1)25(23-9-5-2-6-10-23)17-26-18-27-24-14-19-11-20(15-24)13-21(12-19)16-24/h19-23H,1-18H2. The molecule has 0 N–H and O–H groups in total. The van der Waals surface area contributed by atoms with Gasteiger partial charge in [-0.3, -0.25) is 4.90 Å². The molecule has 6 fully saturated rings. The first-order valence-electron chi connectivity index (χ1n) is 12.3. The van der Waals surface area contributed by atoms with Gasteiger partial charge in [0.15, 0.2) is 0 Å². The molecule has 27 heavy (non-hydrogen) atoms. The van der Waals surface area contributed by atoms with Gasteiger partial charge < -0.3 is 9.47 Å². The number of rotatable bonds is 7. The lowest BCUT2D eigenvalue weighted by atomic mass is 9.54. The van der Waals surface area contributed by atoms with Crippen LogP contribution in [0, 0.1) is 17.8 Å². The molecule has 6 saturated carbocycles. The average molecular weight is 376 g/mol. The van der Waals surface area contributed by atoms with Crippen molar-refractivity contribution in [2.75, 3.05) is 13.5 Å². The lowest BCUT2D eigenvalue weighted by Gasteiger charge is -2.56. The highest BCUT2D eigenvalue weighted by Gasteiger charge is 2.51. The zero-order valence-corrected chi connectivity index (χ0v) is 17.4. The highest BCUT2D eigenvalue weighted by molar-refractivity contribution is 5.02. The van der Waals surface area contributed by atoms with Crippen molar-refractivity contribution in [3.63, 3.8) is 0 Å². The van der Waals surface area contributed by atoms with Gasteiger partial charge in [0.2, 0.25) is 0 Å². The van der Waals surface area contributed by atoms with E-state index in [1.165, 1.54) is 103 Å². The first-order chi connectivity index (χ1) is 13.3. The van der Waals surface area contributed by atoms with Crippen LogP contribution in [-0.2, 0) is 9.47 Å². The summed E-state index contributed by atoms with van der Waals surface area (Å²) in [5.74, 6) is 2.87. The Morgan fingerprint density at radius 3 is 1.63 bits per heavy atom. The molecule has 6 rings (SSSR count). The predicted octanol–water partition coefficient (Wildman–Crippen LogP) is 5.87. The van der Waals surface area contributed by atoms with E-state index in [0.717, 1.165) is 36.6 Å². The molecule has 0 aliphatic heterocycles. The van der Waals surface area contributed by atoms with Crippen molar-refractivity contribution in [1.82, 2.24) is 4.90 Å². The van der Waals surface area contributed by atoms with Crippen molar-refractivity contribution in [2.24, 2.45) is 17.8 Å². The molecule has 0 heterocycles. The van der Waals surface area contributed by atoms with Gasteiger partial charge in [-0.2, -0.15) is 0 Å². The van der Waals surface area contributed by atoms with E-state index in [1.54, 1.807) is 0 Å². The highest BCUT2D eigenvalue weighted by atomic mass is 16.7. The van der Waals surface area contributed by atoms with Crippen LogP contribution in [0.1, 0.15) is 103 Å². The van der Waals surface area contributed by atoms with Gasteiger partial charge >= 0.3 is 0 Å². The van der Waals surface area contributed by atoms with Crippen LogP contribution in [-0.4, -0.2) is 36.1 Å². The summed E-state index contributed by atoms with van der Waals surface area (Å²) < 4.78 is 12.8. The summed E-state index contributed by atoms with van der Waals surface area (Å²) in [6, 6.07) is 1.53. The number of ether oxygens (including phenoxy) is 2. The van der Waals surface area contributed by atoms with Gasteiger partial charge in [0.05, 0.1) is 5.60 Å². The Balaban J connectivity index is 1.14. The molecule has 0 spiro atoms. The SMILES string of the molecule is C1CCC(N(COCOC23CC4CC(CC(C4)C2)C3)C2CCCCC2)CC1. The molecule has 4 bridgehead atoms. The molecule has 6 aliphatic rings. The average Bonchev–Trinajstić information content (AvgIpc) is 2.68. The van der Waals surface area contributed by atoms with E-state index in [0.29, 0.717) is 6.79 Å². The Hall–Kier alpha value is -0.120. The second kappa shape index (κ2) is 8.32. The van der Waals surface area contributed by atoms with Crippen molar-refractivity contribution in [1.29, 1.82) is 0 Å². The fraction of sp³-hybridized carbons (Fsp3) is 1.00. The van der Waals surface area contributed by atoms with Crippen LogP contribution in [0.25, 0.3) is 0 Å². The second-order valence-corrected chi connectivity index (χ2v) is 10.8. The van der Waals surface area contributed by atoms with Crippen molar-refractivity contribution in [3.8, 4) is 0 Å². The predicted molar refractivity (Wildman–Crippen MR) is 108 cm³/mol. The van der Waals surface area contributed by atoms with E-state index in [1.807, 2.05) is 0 Å². The summed E-state index contributed by atoms with van der Waals surface area (Å²) in [6.07, 6.45) is 22.5.